The first-order valence-electron chi connectivity index (χ1n) is 5.75. The van der Waals surface area contributed by atoms with Gasteiger partial charge in [0.2, 0.25) is 0 Å². The molecular weight excluding hydrogens is 291 g/mol. The number of ketones is 1. The number of Topliss-reactive ketones (excluding diaryl/α,β-unsaturated/α-hetero) is 1. The number of carbonyl (C=O) groups is 2. The Balaban J connectivity index is 2.14. The van der Waals surface area contributed by atoms with Crippen LogP contribution in [0.4, 0.5) is 0 Å². The fourth-order valence-electron chi connectivity index (χ4n) is 1.92. The number of likely N-dealkylation sites (tertiary alicyclic amines) is 1. The summed E-state index contributed by atoms with van der Waals surface area (Å²) in [7, 11) is 0. The van der Waals surface area contributed by atoms with Crippen molar-refractivity contribution in [2.45, 2.75) is 19.8 Å². The van der Waals surface area contributed by atoms with Crippen LogP contribution in [-0.4, -0.2) is 29.7 Å². The molecule has 0 spiro atoms. The van der Waals surface area contributed by atoms with Gasteiger partial charge in [0.1, 0.15) is 0 Å². The zero-order valence-corrected chi connectivity index (χ0v) is 12.7. The summed E-state index contributed by atoms with van der Waals surface area (Å²) in [6, 6.07) is 5.87. The molecule has 3 nitrogen and oxygen atoms in total. The normalized spacial score (nSPS) is 16.0. The summed E-state index contributed by atoms with van der Waals surface area (Å²) in [5.41, 5.74) is 2.00. The van der Waals surface area contributed by atoms with Crippen LogP contribution in [0.15, 0.2) is 18.2 Å². The van der Waals surface area contributed by atoms with Gasteiger partial charge in [0.05, 0.1) is 0 Å². The third kappa shape index (κ3) is 3.02. The number of aryl methyl sites for hydroxylation is 1. The van der Waals surface area contributed by atoms with E-state index >= 15 is 0 Å². The second-order valence-electron chi connectivity index (χ2n) is 4.40. The van der Waals surface area contributed by atoms with Gasteiger partial charge in [0.15, 0.2) is 0 Å². The average Bonchev–Trinajstić information content (AvgIpc) is 2.33. The monoisotopic (exact) mass is 305 g/mol. The van der Waals surface area contributed by atoms with Crippen LogP contribution in [0.2, 0.25) is 0 Å². The Labute approximate surface area is 121 Å². The molecule has 1 saturated heterocycles. The van der Waals surface area contributed by atoms with Gasteiger partial charge < -0.3 is 0 Å². The van der Waals surface area contributed by atoms with Gasteiger partial charge in [-0.1, -0.05) is 0 Å². The Morgan fingerprint density at radius 2 is 1.94 bits per heavy atom. The summed E-state index contributed by atoms with van der Waals surface area (Å²) in [6.45, 7) is 3.20. The van der Waals surface area contributed by atoms with Gasteiger partial charge in [-0.05, 0) is 0 Å². The molecule has 0 unspecified atom stereocenters. The Hall–Kier alpha value is -0.536. The van der Waals surface area contributed by atoms with E-state index < -0.39 is 0 Å². The maximum atomic E-state index is 12.2. The van der Waals surface area contributed by atoms with E-state index in [2.05, 4.69) is 6.92 Å². The zero-order chi connectivity index (χ0) is 12.4. The first kappa shape index (κ1) is 12.9. The molecule has 1 aromatic carbocycles. The van der Waals surface area contributed by atoms with Crippen LogP contribution in [-0.2, 0) is 35.7 Å². The molecule has 1 aromatic rings. The minimum atomic E-state index is 0.0630. The molecule has 0 aromatic heterocycles. The minimum absolute atomic E-state index is 0.0630. The number of piperidine rings is 1. The summed E-state index contributed by atoms with van der Waals surface area (Å²) < 4.78 is 1.26. The van der Waals surface area contributed by atoms with Crippen LogP contribution in [0.5, 0.6) is 0 Å². The van der Waals surface area contributed by atoms with Crippen molar-refractivity contribution in [3.8, 4) is 0 Å². The number of hydrogen-bond donors (Lipinski definition) is 0. The second-order valence-corrected chi connectivity index (χ2v) is 5.93. The van der Waals surface area contributed by atoms with Crippen molar-refractivity contribution in [1.29, 1.82) is 0 Å². The van der Waals surface area contributed by atoms with Crippen molar-refractivity contribution < 1.29 is 40.5 Å². The van der Waals surface area contributed by atoms with E-state index in [9.17, 15) is 9.59 Å². The third-order valence-corrected chi connectivity index (χ3v) is 4.66. The number of nitrogens with zero attached hydrogens (tertiary/aromatic N) is 1. The molecule has 0 bridgehead atoms. The molecule has 2 rings (SSSR count). The summed E-state index contributed by atoms with van der Waals surface area (Å²) in [4.78, 5) is 25.1. The van der Waals surface area contributed by atoms with Crippen LogP contribution in [0, 0.1) is 6.92 Å². The molecule has 1 aliphatic rings. The van der Waals surface area contributed by atoms with Crippen molar-refractivity contribution >= 4 is 14.1 Å². The number of amides is 1. The van der Waals surface area contributed by atoms with E-state index in [1.165, 1.54) is 7.94 Å². The van der Waals surface area contributed by atoms with Crippen molar-refractivity contribution in [3.05, 3.63) is 29.3 Å². The molecule has 0 N–H and O–H groups in total. The van der Waals surface area contributed by atoms with Gasteiger partial charge in [-0.25, -0.2) is 0 Å². The molecular formula is C13H14NO2Y. The van der Waals surface area contributed by atoms with E-state index in [0.717, 1.165) is 36.5 Å². The molecule has 17 heavy (non-hydrogen) atoms. The fraction of sp³-hybridized carbons (Fsp3) is 0.385. The fourth-order valence-corrected chi connectivity index (χ4v) is 2.59. The van der Waals surface area contributed by atoms with Gasteiger partial charge in [-0.15, -0.1) is 0 Å². The van der Waals surface area contributed by atoms with Crippen molar-refractivity contribution in [2.75, 3.05) is 13.1 Å². The SMILES string of the molecule is Cc1ccc(C(=O)N2CCC(=O)CC2)c[c]1[Y]. The Morgan fingerprint density at radius 3 is 2.53 bits per heavy atom. The molecule has 0 saturated carbocycles. The standard InChI is InChI=1S/C13H14NO2.Y/c1-10-2-4-11(5-3-10)13(16)14-8-6-12(15)7-9-14;/h2,4-5H,6-9H2,1H3;. The molecule has 4 heteroatoms. The van der Waals surface area contributed by atoms with Gasteiger partial charge in [0, 0.05) is 0 Å². The summed E-state index contributed by atoms with van der Waals surface area (Å²) >= 11 is 1.02. The first-order valence-corrected chi connectivity index (χ1v) is 7.17. The van der Waals surface area contributed by atoms with E-state index in [-0.39, 0.29) is 11.7 Å². The average molecular weight is 305 g/mol. The molecule has 1 fully saturated rings. The van der Waals surface area contributed by atoms with Crippen LogP contribution in [0.25, 0.3) is 0 Å². The van der Waals surface area contributed by atoms with Gasteiger partial charge >= 0.3 is 122 Å². The summed E-state index contributed by atoms with van der Waals surface area (Å²) in [5, 5.41) is 0. The van der Waals surface area contributed by atoms with Gasteiger partial charge in [-0.3, -0.25) is 0 Å². The Morgan fingerprint density at radius 1 is 1.29 bits per heavy atom. The quantitative estimate of drug-likeness (QED) is 0.775. The second kappa shape index (κ2) is 5.41. The molecule has 0 aliphatic carbocycles. The molecule has 86 valence electrons. The van der Waals surface area contributed by atoms with Crippen LogP contribution >= 0.6 is 0 Å². The molecule has 1 aliphatic heterocycles. The Kier molecular flexibility index (Phi) is 4.10. The topological polar surface area (TPSA) is 37.4 Å². The van der Waals surface area contributed by atoms with Crippen molar-refractivity contribution in [1.82, 2.24) is 4.90 Å². The molecule has 0 atom stereocenters. The van der Waals surface area contributed by atoms with Crippen LogP contribution < -0.4 is 2.37 Å². The predicted molar refractivity (Wildman–Crippen MR) is 61.0 cm³/mol. The van der Waals surface area contributed by atoms with Crippen molar-refractivity contribution in [3.63, 3.8) is 0 Å². The van der Waals surface area contributed by atoms with E-state index in [0.29, 0.717) is 25.9 Å². The number of benzene rings is 1. The molecule has 0 radical (unpaired) electrons. The number of rotatable bonds is 1. The Bertz CT molecular complexity index is 460. The van der Waals surface area contributed by atoms with Gasteiger partial charge in [0.25, 0.3) is 0 Å². The summed E-state index contributed by atoms with van der Waals surface area (Å²) in [6.07, 6.45) is 1.01. The number of hydrogen-bond acceptors (Lipinski definition) is 2. The number of carbonyl (C=O) groups excluding carboxylic acids is 2. The van der Waals surface area contributed by atoms with Gasteiger partial charge in [-0.2, -0.15) is 0 Å². The van der Waals surface area contributed by atoms with Crippen molar-refractivity contribution in [2.24, 2.45) is 0 Å². The molecule has 1 amide bonds. The maximum absolute atomic E-state index is 12.2. The third-order valence-electron chi connectivity index (χ3n) is 3.13. The predicted octanol–water partition coefficient (Wildman–Crippen LogP) is 0.972. The zero-order valence-electron chi connectivity index (χ0n) is 9.90. The van der Waals surface area contributed by atoms with Crippen LogP contribution in [0.1, 0.15) is 28.8 Å². The summed E-state index contributed by atoms with van der Waals surface area (Å²) in [5.74, 6) is 0.328. The van der Waals surface area contributed by atoms with Crippen LogP contribution in [0.3, 0.4) is 0 Å². The first-order chi connectivity index (χ1) is 8.08. The van der Waals surface area contributed by atoms with E-state index in [4.69, 9.17) is 0 Å². The van der Waals surface area contributed by atoms with E-state index in [1.807, 2.05) is 18.2 Å². The van der Waals surface area contributed by atoms with E-state index in [1.54, 1.807) is 4.90 Å². The molecule has 1 heterocycles.